The third-order valence-corrected chi connectivity index (χ3v) is 6.49. The van der Waals surface area contributed by atoms with Crippen LogP contribution in [0.1, 0.15) is 64.7 Å². The Hall–Kier alpha value is 0.310. The number of hydrogen-bond donors (Lipinski definition) is 1. The van der Waals surface area contributed by atoms with Gasteiger partial charge in [-0.1, -0.05) is 32.6 Å². The van der Waals surface area contributed by atoms with Gasteiger partial charge in [-0.05, 0) is 45.1 Å². The first-order chi connectivity index (χ1) is 8.33. The molecular weight excluding hydrogens is 226 g/mol. The number of nitrogens with one attached hydrogen (secondary N) is 1. The smallest absolute Gasteiger partial charge is 0.0206 e. The molecule has 0 aromatic rings. The molecule has 2 heteroatoms. The Morgan fingerprint density at radius 2 is 1.82 bits per heavy atom. The molecule has 0 amide bonds. The van der Waals surface area contributed by atoms with Crippen LogP contribution in [0.4, 0.5) is 0 Å². The summed E-state index contributed by atoms with van der Waals surface area (Å²) < 4.78 is 0. The molecule has 17 heavy (non-hydrogen) atoms. The van der Waals surface area contributed by atoms with Crippen LogP contribution in [0.15, 0.2) is 0 Å². The maximum Gasteiger partial charge on any atom is 0.0206 e. The zero-order chi connectivity index (χ0) is 12.1. The van der Waals surface area contributed by atoms with Crippen LogP contribution in [-0.2, 0) is 0 Å². The molecule has 2 aliphatic rings. The van der Waals surface area contributed by atoms with E-state index in [2.05, 4.69) is 31.1 Å². The minimum absolute atomic E-state index is 0.782. The monoisotopic (exact) mass is 255 g/mol. The molecule has 0 aromatic carbocycles. The fourth-order valence-corrected chi connectivity index (χ4v) is 5.46. The lowest BCUT2D eigenvalue weighted by molar-refractivity contribution is 0.303. The summed E-state index contributed by atoms with van der Waals surface area (Å²) in [4.78, 5) is 0. The lowest BCUT2D eigenvalue weighted by Crippen LogP contribution is -2.41. The van der Waals surface area contributed by atoms with E-state index in [1.807, 2.05) is 0 Å². The van der Waals surface area contributed by atoms with Crippen LogP contribution in [0.2, 0.25) is 0 Å². The highest BCUT2D eigenvalue weighted by molar-refractivity contribution is 8.00. The van der Waals surface area contributed by atoms with E-state index in [-0.39, 0.29) is 0 Å². The molecule has 0 aromatic heterocycles. The summed E-state index contributed by atoms with van der Waals surface area (Å²) in [5, 5.41) is 5.43. The average Bonchev–Trinajstić information content (AvgIpc) is 2.40. The van der Waals surface area contributed by atoms with E-state index in [4.69, 9.17) is 0 Å². The van der Waals surface area contributed by atoms with E-state index >= 15 is 0 Å². The number of rotatable bonds is 4. The summed E-state index contributed by atoms with van der Waals surface area (Å²) in [6, 6.07) is 0.782. The molecule has 2 rings (SSSR count). The van der Waals surface area contributed by atoms with Crippen LogP contribution in [0.3, 0.4) is 0 Å². The molecule has 0 saturated heterocycles. The predicted molar refractivity (Wildman–Crippen MR) is 78.7 cm³/mol. The highest BCUT2D eigenvalue weighted by Crippen LogP contribution is 2.39. The molecule has 0 bridgehead atoms. The van der Waals surface area contributed by atoms with Crippen LogP contribution in [0.25, 0.3) is 0 Å². The Morgan fingerprint density at radius 1 is 1.06 bits per heavy atom. The normalized spacial score (nSPS) is 36.0. The minimum atomic E-state index is 0.782. The molecule has 0 heterocycles. The molecule has 1 N–H and O–H groups in total. The van der Waals surface area contributed by atoms with Gasteiger partial charge in [-0.15, -0.1) is 0 Å². The third kappa shape index (κ3) is 3.89. The Bertz CT molecular complexity index is 213. The minimum Gasteiger partial charge on any atom is -0.316 e. The lowest BCUT2D eigenvalue weighted by Gasteiger charge is -2.38. The lowest BCUT2D eigenvalue weighted by atomic mass is 9.84. The summed E-state index contributed by atoms with van der Waals surface area (Å²) >= 11 is 2.33. The van der Waals surface area contributed by atoms with Crippen molar-refractivity contribution in [3.05, 3.63) is 0 Å². The number of thioether (sulfide) groups is 1. The zero-order valence-corrected chi connectivity index (χ0v) is 12.4. The first kappa shape index (κ1) is 13.7. The molecule has 2 saturated carbocycles. The molecule has 100 valence electrons. The Kier molecular flexibility index (Phi) is 5.68. The van der Waals surface area contributed by atoms with Crippen molar-refractivity contribution in [2.24, 2.45) is 5.92 Å². The summed E-state index contributed by atoms with van der Waals surface area (Å²) in [5.41, 5.74) is 0. The Labute approximate surface area is 112 Å². The van der Waals surface area contributed by atoms with E-state index in [1.54, 1.807) is 0 Å². The summed E-state index contributed by atoms with van der Waals surface area (Å²) in [6.07, 6.45) is 13.1. The topological polar surface area (TPSA) is 12.0 Å². The molecule has 0 aliphatic heterocycles. The first-order valence-electron chi connectivity index (χ1n) is 7.66. The Balaban J connectivity index is 1.85. The quantitative estimate of drug-likeness (QED) is 0.807. The van der Waals surface area contributed by atoms with Gasteiger partial charge in [0.2, 0.25) is 0 Å². The van der Waals surface area contributed by atoms with Gasteiger partial charge < -0.3 is 5.32 Å². The fourth-order valence-electron chi connectivity index (χ4n) is 3.51. The summed E-state index contributed by atoms with van der Waals surface area (Å²) in [7, 11) is 2.16. The van der Waals surface area contributed by atoms with Gasteiger partial charge in [0.25, 0.3) is 0 Å². The van der Waals surface area contributed by atoms with Gasteiger partial charge in [0.1, 0.15) is 0 Å². The van der Waals surface area contributed by atoms with Gasteiger partial charge in [-0.2, -0.15) is 11.8 Å². The van der Waals surface area contributed by atoms with Crippen LogP contribution in [0, 0.1) is 5.92 Å². The maximum atomic E-state index is 3.57. The van der Waals surface area contributed by atoms with Gasteiger partial charge in [0.05, 0.1) is 0 Å². The van der Waals surface area contributed by atoms with E-state index in [0.29, 0.717) is 0 Å². The second kappa shape index (κ2) is 7.04. The fraction of sp³-hybridized carbons (Fsp3) is 1.00. The molecule has 1 nitrogen and oxygen atoms in total. The van der Waals surface area contributed by atoms with Crippen LogP contribution < -0.4 is 5.32 Å². The van der Waals surface area contributed by atoms with Crippen molar-refractivity contribution in [1.82, 2.24) is 5.32 Å². The largest absolute Gasteiger partial charge is 0.316 e. The summed E-state index contributed by atoms with van der Waals surface area (Å²) in [5.74, 6) is 1.00. The highest BCUT2D eigenvalue weighted by Gasteiger charge is 2.31. The van der Waals surface area contributed by atoms with Crippen LogP contribution >= 0.6 is 11.8 Å². The van der Waals surface area contributed by atoms with Gasteiger partial charge >= 0.3 is 0 Å². The third-order valence-electron chi connectivity index (χ3n) is 4.77. The van der Waals surface area contributed by atoms with Crippen molar-refractivity contribution in [3.63, 3.8) is 0 Å². The van der Waals surface area contributed by atoms with Crippen molar-refractivity contribution in [2.75, 3.05) is 7.05 Å². The van der Waals surface area contributed by atoms with Crippen molar-refractivity contribution in [3.8, 4) is 0 Å². The number of hydrogen-bond acceptors (Lipinski definition) is 2. The van der Waals surface area contributed by atoms with Crippen molar-refractivity contribution < 1.29 is 0 Å². The molecule has 2 fully saturated rings. The molecule has 3 unspecified atom stereocenters. The molecule has 3 atom stereocenters. The average molecular weight is 255 g/mol. The Morgan fingerprint density at radius 3 is 2.47 bits per heavy atom. The van der Waals surface area contributed by atoms with Crippen molar-refractivity contribution in [2.45, 2.75) is 81.3 Å². The highest BCUT2D eigenvalue weighted by atomic mass is 32.2. The molecule has 0 spiro atoms. The van der Waals surface area contributed by atoms with E-state index < -0.39 is 0 Å². The van der Waals surface area contributed by atoms with E-state index in [0.717, 1.165) is 22.5 Å². The second-order valence-electron chi connectivity index (χ2n) is 5.92. The first-order valence-corrected chi connectivity index (χ1v) is 8.60. The van der Waals surface area contributed by atoms with E-state index in [9.17, 15) is 0 Å². The van der Waals surface area contributed by atoms with Gasteiger partial charge in [-0.25, -0.2) is 0 Å². The summed E-state index contributed by atoms with van der Waals surface area (Å²) in [6.45, 7) is 2.37. The van der Waals surface area contributed by atoms with Crippen molar-refractivity contribution >= 4 is 11.8 Å². The van der Waals surface area contributed by atoms with Crippen molar-refractivity contribution in [1.29, 1.82) is 0 Å². The molecule has 2 aliphatic carbocycles. The van der Waals surface area contributed by atoms with Gasteiger partial charge in [0, 0.05) is 16.5 Å². The van der Waals surface area contributed by atoms with E-state index in [1.165, 1.54) is 57.8 Å². The SMILES string of the molecule is CCC1CCC(NC)C(SC2CCCCC2)C1. The second-order valence-corrected chi connectivity index (χ2v) is 7.46. The van der Waals surface area contributed by atoms with Crippen LogP contribution in [-0.4, -0.2) is 23.6 Å². The molecule has 0 radical (unpaired) electrons. The standard InChI is InChI=1S/C15H29NS/c1-3-12-9-10-14(16-2)15(11-12)17-13-7-5-4-6-8-13/h12-16H,3-11H2,1-2H3. The van der Waals surface area contributed by atoms with Gasteiger partial charge in [0.15, 0.2) is 0 Å². The van der Waals surface area contributed by atoms with Crippen LogP contribution in [0.5, 0.6) is 0 Å². The van der Waals surface area contributed by atoms with Gasteiger partial charge in [-0.3, -0.25) is 0 Å². The maximum absolute atomic E-state index is 3.57. The zero-order valence-electron chi connectivity index (χ0n) is 11.6. The predicted octanol–water partition coefficient (Wildman–Crippen LogP) is 4.22. The molecular formula is C15H29NS.